The summed E-state index contributed by atoms with van der Waals surface area (Å²) in [4.78, 5) is 9.29. The minimum atomic E-state index is 0.491. The van der Waals surface area contributed by atoms with E-state index in [0.717, 1.165) is 59.6 Å². The van der Waals surface area contributed by atoms with Gasteiger partial charge in [-0.25, -0.2) is 14.5 Å². The molecule has 4 aromatic heterocycles. The second-order valence-electron chi connectivity index (χ2n) is 7.08. The van der Waals surface area contributed by atoms with E-state index in [1.54, 1.807) is 0 Å². The fraction of sp³-hybridized carbons (Fsp3) is 0.389. The zero-order valence-corrected chi connectivity index (χ0v) is 15.1. The standard InChI is InChI=1S/C18H20N8/c1-11-6-12(2)26-18(21-11)15(8-20-26)17-19-4-5-24(17)9-14-7-16-23-22-13(3)25(16)10-14/h4-6,8,14H,7,9-10H2,1-3H3. The molecule has 1 atom stereocenters. The van der Waals surface area contributed by atoms with Crippen molar-refractivity contribution in [1.29, 1.82) is 0 Å². The number of aromatic nitrogens is 8. The Morgan fingerprint density at radius 3 is 2.92 bits per heavy atom. The fourth-order valence-corrected chi connectivity index (χ4v) is 3.92. The van der Waals surface area contributed by atoms with E-state index < -0.39 is 0 Å². The minimum Gasteiger partial charge on any atom is -0.330 e. The monoisotopic (exact) mass is 348 g/mol. The summed E-state index contributed by atoms with van der Waals surface area (Å²) in [6, 6.07) is 2.03. The Labute approximate surface area is 150 Å². The molecule has 132 valence electrons. The van der Waals surface area contributed by atoms with Crippen LogP contribution in [-0.4, -0.2) is 38.9 Å². The van der Waals surface area contributed by atoms with Crippen LogP contribution in [0.1, 0.15) is 23.0 Å². The van der Waals surface area contributed by atoms with E-state index in [4.69, 9.17) is 0 Å². The summed E-state index contributed by atoms with van der Waals surface area (Å²) in [6.45, 7) is 7.90. The Balaban J connectivity index is 1.49. The lowest BCUT2D eigenvalue weighted by molar-refractivity contribution is 0.432. The van der Waals surface area contributed by atoms with E-state index in [1.807, 2.05) is 49.9 Å². The molecule has 0 bridgehead atoms. The summed E-state index contributed by atoms with van der Waals surface area (Å²) in [7, 11) is 0. The second-order valence-corrected chi connectivity index (χ2v) is 7.08. The number of rotatable bonds is 3. The molecule has 1 unspecified atom stereocenters. The lowest BCUT2D eigenvalue weighted by Gasteiger charge is -2.12. The predicted octanol–water partition coefficient (Wildman–Crippen LogP) is 1.98. The Hall–Kier alpha value is -3.03. The van der Waals surface area contributed by atoms with Crippen LogP contribution >= 0.6 is 0 Å². The maximum absolute atomic E-state index is 4.69. The number of hydrogen-bond acceptors (Lipinski definition) is 5. The largest absolute Gasteiger partial charge is 0.330 e. The molecule has 0 saturated heterocycles. The van der Waals surface area contributed by atoms with Gasteiger partial charge in [0.05, 0.1) is 11.8 Å². The van der Waals surface area contributed by atoms with E-state index in [-0.39, 0.29) is 0 Å². The average molecular weight is 348 g/mol. The molecule has 0 N–H and O–H groups in total. The Morgan fingerprint density at radius 1 is 1.19 bits per heavy atom. The number of aryl methyl sites for hydroxylation is 3. The van der Waals surface area contributed by atoms with Crippen molar-refractivity contribution < 1.29 is 0 Å². The molecule has 5 heterocycles. The van der Waals surface area contributed by atoms with Gasteiger partial charge >= 0.3 is 0 Å². The molecule has 8 heteroatoms. The molecular weight excluding hydrogens is 328 g/mol. The molecule has 8 nitrogen and oxygen atoms in total. The molecule has 0 amide bonds. The highest BCUT2D eigenvalue weighted by molar-refractivity contribution is 5.72. The molecule has 0 fully saturated rings. The van der Waals surface area contributed by atoms with Crippen LogP contribution in [0.4, 0.5) is 0 Å². The van der Waals surface area contributed by atoms with Gasteiger partial charge in [-0.1, -0.05) is 0 Å². The maximum Gasteiger partial charge on any atom is 0.166 e. The third kappa shape index (κ3) is 2.25. The summed E-state index contributed by atoms with van der Waals surface area (Å²) >= 11 is 0. The first-order chi connectivity index (χ1) is 12.6. The Bertz CT molecular complexity index is 1120. The van der Waals surface area contributed by atoms with Crippen LogP contribution in [0.3, 0.4) is 0 Å². The molecule has 0 spiro atoms. The molecule has 0 aliphatic carbocycles. The first kappa shape index (κ1) is 15.2. The van der Waals surface area contributed by atoms with Crippen molar-refractivity contribution in [2.45, 2.75) is 40.3 Å². The van der Waals surface area contributed by atoms with Crippen molar-refractivity contribution in [1.82, 2.24) is 38.9 Å². The van der Waals surface area contributed by atoms with Crippen molar-refractivity contribution in [3.8, 4) is 11.4 Å². The van der Waals surface area contributed by atoms with Crippen LogP contribution < -0.4 is 0 Å². The fourth-order valence-electron chi connectivity index (χ4n) is 3.92. The smallest absolute Gasteiger partial charge is 0.166 e. The van der Waals surface area contributed by atoms with Crippen LogP contribution in [-0.2, 0) is 19.5 Å². The van der Waals surface area contributed by atoms with Gasteiger partial charge in [-0.2, -0.15) is 5.10 Å². The highest BCUT2D eigenvalue weighted by atomic mass is 15.3. The zero-order chi connectivity index (χ0) is 17.8. The van der Waals surface area contributed by atoms with Crippen LogP contribution in [0.5, 0.6) is 0 Å². The lowest BCUT2D eigenvalue weighted by atomic mass is 10.1. The highest BCUT2D eigenvalue weighted by Gasteiger charge is 2.26. The first-order valence-corrected chi connectivity index (χ1v) is 8.82. The molecule has 1 aliphatic rings. The minimum absolute atomic E-state index is 0.491. The Kier molecular flexibility index (Phi) is 3.22. The van der Waals surface area contributed by atoms with Crippen LogP contribution in [0.25, 0.3) is 17.0 Å². The molecule has 0 radical (unpaired) electrons. The Morgan fingerprint density at radius 2 is 2.08 bits per heavy atom. The van der Waals surface area contributed by atoms with Crippen LogP contribution in [0.15, 0.2) is 24.7 Å². The van der Waals surface area contributed by atoms with Gasteiger partial charge in [-0.3, -0.25) is 0 Å². The maximum atomic E-state index is 4.69. The van der Waals surface area contributed by atoms with Gasteiger partial charge in [0.25, 0.3) is 0 Å². The van der Waals surface area contributed by atoms with Gasteiger partial charge in [0.15, 0.2) is 5.65 Å². The number of nitrogens with zero attached hydrogens (tertiary/aromatic N) is 8. The number of fused-ring (bicyclic) bond motifs is 2. The van der Waals surface area contributed by atoms with Gasteiger partial charge in [0, 0.05) is 49.2 Å². The molecule has 4 aromatic rings. The van der Waals surface area contributed by atoms with Crippen LogP contribution in [0, 0.1) is 26.7 Å². The quantitative estimate of drug-likeness (QED) is 0.566. The van der Waals surface area contributed by atoms with Gasteiger partial charge < -0.3 is 9.13 Å². The summed E-state index contributed by atoms with van der Waals surface area (Å²) in [5.41, 5.74) is 3.88. The summed E-state index contributed by atoms with van der Waals surface area (Å²) in [6.07, 6.45) is 6.69. The van der Waals surface area contributed by atoms with Gasteiger partial charge in [0.2, 0.25) is 0 Å². The number of hydrogen-bond donors (Lipinski definition) is 0. The third-order valence-electron chi connectivity index (χ3n) is 5.11. The topological polar surface area (TPSA) is 78.7 Å². The lowest BCUT2D eigenvalue weighted by Crippen LogP contribution is -2.13. The average Bonchev–Trinajstić information content (AvgIpc) is 3.34. The highest BCUT2D eigenvalue weighted by Crippen LogP contribution is 2.26. The molecule has 0 saturated carbocycles. The first-order valence-electron chi connectivity index (χ1n) is 8.82. The molecule has 1 aliphatic heterocycles. The third-order valence-corrected chi connectivity index (χ3v) is 5.11. The number of imidazole rings is 1. The summed E-state index contributed by atoms with van der Waals surface area (Å²) in [5.74, 6) is 3.48. The normalized spacial score (nSPS) is 16.5. The van der Waals surface area contributed by atoms with Gasteiger partial charge in [0.1, 0.15) is 17.5 Å². The van der Waals surface area contributed by atoms with Crippen molar-refractivity contribution >= 4 is 5.65 Å². The van der Waals surface area contributed by atoms with Crippen molar-refractivity contribution in [3.63, 3.8) is 0 Å². The van der Waals surface area contributed by atoms with Crippen LogP contribution in [0.2, 0.25) is 0 Å². The molecule has 0 aromatic carbocycles. The van der Waals surface area contributed by atoms with Crippen molar-refractivity contribution in [3.05, 3.63) is 47.7 Å². The van der Waals surface area contributed by atoms with Gasteiger partial charge in [-0.15, -0.1) is 10.2 Å². The van der Waals surface area contributed by atoms with Crippen molar-refractivity contribution in [2.24, 2.45) is 5.92 Å². The van der Waals surface area contributed by atoms with E-state index in [0.29, 0.717) is 5.92 Å². The predicted molar refractivity (Wildman–Crippen MR) is 95.6 cm³/mol. The van der Waals surface area contributed by atoms with Gasteiger partial charge in [-0.05, 0) is 26.8 Å². The molecule has 26 heavy (non-hydrogen) atoms. The summed E-state index contributed by atoms with van der Waals surface area (Å²) < 4.78 is 6.29. The SMILES string of the molecule is Cc1cc(C)n2ncc(-c3nccn3CC3Cc4nnc(C)n4C3)c2n1. The molecular formula is C18H20N8. The van der Waals surface area contributed by atoms with E-state index in [9.17, 15) is 0 Å². The van der Waals surface area contributed by atoms with E-state index in [2.05, 4.69) is 34.4 Å². The van der Waals surface area contributed by atoms with E-state index in [1.165, 1.54) is 0 Å². The van der Waals surface area contributed by atoms with Crippen molar-refractivity contribution in [2.75, 3.05) is 0 Å². The molecule has 5 rings (SSSR count). The zero-order valence-electron chi connectivity index (χ0n) is 15.1. The summed E-state index contributed by atoms with van der Waals surface area (Å²) in [5, 5.41) is 12.9. The second kappa shape index (κ2) is 5.48. The van der Waals surface area contributed by atoms with E-state index >= 15 is 0 Å².